The van der Waals surface area contributed by atoms with Crippen LogP contribution < -0.4 is 10.1 Å². The standard InChI is InChI=1S/C25H26N2O2/c1-3-25(26-23-12-8-7-11-22(23)24(28)27(25)2)20-13-15-21(16-14-20)29-18-17-19-9-5-4-6-10-19/h4-16,26H,3,17-18H2,1-2H3. The second-order valence-electron chi connectivity index (χ2n) is 7.36. The molecule has 0 spiro atoms. The quantitative estimate of drug-likeness (QED) is 0.643. The summed E-state index contributed by atoms with van der Waals surface area (Å²) in [6, 6.07) is 26.1. The molecule has 0 radical (unpaired) electrons. The third-order valence-electron chi connectivity index (χ3n) is 5.72. The molecular formula is C25H26N2O2. The van der Waals surface area contributed by atoms with Gasteiger partial charge in [0.05, 0.1) is 12.2 Å². The van der Waals surface area contributed by atoms with Gasteiger partial charge in [0.1, 0.15) is 11.4 Å². The van der Waals surface area contributed by atoms with E-state index in [2.05, 4.69) is 24.4 Å². The third-order valence-corrected chi connectivity index (χ3v) is 5.72. The summed E-state index contributed by atoms with van der Waals surface area (Å²) >= 11 is 0. The van der Waals surface area contributed by atoms with E-state index in [1.165, 1.54) is 5.56 Å². The molecule has 4 heteroatoms. The molecule has 3 aromatic rings. The number of nitrogens with zero attached hydrogens (tertiary/aromatic N) is 1. The third kappa shape index (κ3) is 3.58. The Hall–Kier alpha value is -3.27. The van der Waals surface area contributed by atoms with Crippen molar-refractivity contribution in [1.82, 2.24) is 4.90 Å². The number of anilines is 1. The fourth-order valence-electron chi connectivity index (χ4n) is 3.99. The number of rotatable bonds is 6. The van der Waals surface area contributed by atoms with Gasteiger partial charge in [0, 0.05) is 19.2 Å². The average Bonchev–Trinajstić information content (AvgIpc) is 2.78. The van der Waals surface area contributed by atoms with Crippen LogP contribution in [0.15, 0.2) is 78.9 Å². The van der Waals surface area contributed by atoms with Crippen molar-refractivity contribution in [1.29, 1.82) is 0 Å². The van der Waals surface area contributed by atoms with E-state index in [4.69, 9.17) is 4.74 Å². The lowest BCUT2D eigenvalue weighted by molar-refractivity contribution is 0.0572. The van der Waals surface area contributed by atoms with Crippen LogP contribution in [0.25, 0.3) is 0 Å². The van der Waals surface area contributed by atoms with Crippen molar-refractivity contribution < 1.29 is 9.53 Å². The van der Waals surface area contributed by atoms with Crippen LogP contribution in [0.2, 0.25) is 0 Å². The molecule has 4 nitrogen and oxygen atoms in total. The SMILES string of the molecule is CCC1(c2ccc(OCCc3ccccc3)cc2)Nc2ccccc2C(=O)N1C. The van der Waals surface area contributed by atoms with Crippen LogP contribution in [-0.2, 0) is 12.1 Å². The van der Waals surface area contributed by atoms with Gasteiger partial charge in [-0.15, -0.1) is 0 Å². The topological polar surface area (TPSA) is 41.6 Å². The molecule has 0 saturated carbocycles. The molecule has 1 heterocycles. The Labute approximate surface area is 172 Å². The number of para-hydroxylation sites is 1. The Balaban J connectivity index is 1.52. The van der Waals surface area contributed by atoms with E-state index in [0.29, 0.717) is 12.2 Å². The molecule has 3 aromatic carbocycles. The first kappa shape index (κ1) is 19.1. The second kappa shape index (κ2) is 8.00. The molecule has 0 bridgehead atoms. The minimum absolute atomic E-state index is 0.0318. The molecule has 0 aliphatic carbocycles. The van der Waals surface area contributed by atoms with Crippen molar-refractivity contribution in [3.05, 3.63) is 95.6 Å². The molecule has 148 valence electrons. The van der Waals surface area contributed by atoms with E-state index in [0.717, 1.165) is 29.8 Å². The maximum absolute atomic E-state index is 13.0. The Kier molecular flexibility index (Phi) is 5.26. The lowest BCUT2D eigenvalue weighted by Gasteiger charge is -2.46. The Bertz CT molecular complexity index is 985. The summed E-state index contributed by atoms with van der Waals surface area (Å²) in [5.74, 6) is 0.866. The first-order valence-electron chi connectivity index (χ1n) is 10.1. The molecule has 0 saturated heterocycles. The zero-order valence-corrected chi connectivity index (χ0v) is 16.9. The number of hydrogen-bond donors (Lipinski definition) is 1. The predicted molar refractivity (Wildman–Crippen MR) is 116 cm³/mol. The van der Waals surface area contributed by atoms with Crippen LogP contribution in [0, 0.1) is 0 Å². The van der Waals surface area contributed by atoms with Gasteiger partial charge >= 0.3 is 0 Å². The van der Waals surface area contributed by atoms with Gasteiger partial charge in [-0.25, -0.2) is 0 Å². The Morgan fingerprint density at radius 3 is 2.34 bits per heavy atom. The molecule has 4 rings (SSSR count). The first-order chi connectivity index (χ1) is 14.1. The number of carbonyl (C=O) groups is 1. The molecule has 1 aliphatic rings. The maximum Gasteiger partial charge on any atom is 0.257 e. The molecule has 1 aliphatic heterocycles. The second-order valence-corrected chi connectivity index (χ2v) is 7.36. The lowest BCUT2D eigenvalue weighted by Crippen LogP contribution is -2.55. The monoisotopic (exact) mass is 386 g/mol. The summed E-state index contributed by atoms with van der Waals surface area (Å²) in [5.41, 5.74) is 3.31. The first-order valence-corrected chi connectivity index (χ1v) is 10.1. The van der Waals surface area contributed by atoms with E-state index in [1.54, 1.807) is 4.90 Å². The van der Waals surface area contributed by atoms with Crippen LogP contribution in [0.4, 0.5) is 5.69 Å². The van der Waals surface area contributed by atoms with Crippen LogP contribution in [0.5, 0.6) is 5.75 Å². The summed E-state index contributed by atoms with van der Waals surface area (Å²) in [6.07, 6.45) is 1.62. The van der Waals surface area contributed by atoms with E-state index in [-0.39, 0.29) is 5.91 Å². The summed E-state index contributed by atoms with van der Waals surface area (Å²) in [5, 5.41) is 3.61. The molecule has 1 amide bonds. The van der Waals surface area contributed by atoms with Crippen LogP contribution in [0.3, 0.4) is 0 Å². The minimum atomic E-state index is -0.575. The molecular weight excluding hydrogens is 360 g/mol. The summed E-state index contributed by atoms with van der Waals surface area (Å²) < 4.78 is 5.92. The zero-order valence-electron chi connectivity index (χ0n) is 16.9. The predicted octanol–water partition coefficient (Wildman–Crippen LogP) is 5.07. The molecule has 1 atom stereocenters. The van der Waals surface area contributed by atoms with Gasteiger partial charge in [0.15, 0.2) is 0 Å². The molecule has 1 unspecified atom stereocenters. The highest BCUT2D eigenvalue weighted by atomic mass is 16.5. The van der Waals surface area contributed by atoms with Gasteiger partial charge in [-0.2, -0.15) is 0 Å². The summed E-state index contributed by atoms with van der Waals surface area (Å²) in [7, 11) is 1.86. The Morgan fingerprint density at radius 2 is 1.62 bits per heavy atom. The largest absolute Gasteiger partial charge is 0.493 e. The highest BCUT2D eigenvalue weighted by molar-refractivity contribution is 6.02. The van der Waals surface area contributed by atoms with Gasteiger partial charge in [-0.05, 0) is 41.8 Å². The average molecular weight is 386 g/mol. The van der Waals surface area contributed by atoms with E-state index in [9.17, 15) is 4.79 Å². The number of fused-ring (bicyclic) bond motifs is 1. The van der Waals surface area contributed by atoms with E-state index >= 15 is 0 Å². The summed E-state index contributed by atoms with van der Waals surface area (Å²) in [6.45, 7) is 2.72. The lowest BCUT2D eigenvalue weighted by atomic mass is 9.90. The van der Waals surface area contributed by atoms with Crippen LogP contribution in [0.1, 0.15) is 34.8 Å². The van der Waals surface area contributed by atoms with Gasteiger partial charge in [0.25, 0.3) is 5.91 Å². The smallest absolute Gasteiger partial charge is 0.257 e. The number of carbonyl (C=O) groups excluding carboxylic acids is 1. The highest BCUT2D eigenvalue weighted by Gasteiger charge is 2.42. The fraction of sp³-hybridized carbons (Fsp3) is 0.240. The van der Waals surface area contributed by atoms with Crippen molar-refractivity contribution in [3.63, 3.8) is 0 Å². The molecule has 0 aromatic heterocycles. The van der Waals surface area contributed by atoms with Crippen molar-refractivity contribution in [2.24, 2.45) is 0 Å². The van der Waals surface area contributed by atoms with Crippen molar-refractivity contribution >= 4 is 11.6 Å². The molecule has 0 fully saturated rings. The number of hydrogen-bond acceptors (Lipinski definition) is 3. The molecule has 1 N–H and O–H groups in total. The number of ether oxygens (including phenoxy) is 1. The van der Waals surface area contributed by atoms with Crippen molar-refractivity contribution in [2.45, 2.75) is 25.4 Å². The van der Waals surface area contributed by atoms with Crippen molar-refractivity contribution in [3.8, 4) is 5.75 Å². The number of benzene rings is 3. The van der Waals surface area contributed by atoms with Gasteiger partial charge in [0.2, 0.25) is 0 Å². The summed E-state index contributed by atoms with van der Waals surface area (Å²) in [4.78, 5) is 14.8. The maximum atomic E-state index is 13.0. The highest BCUT2D eigenvalue weighted by Crippen LogP contribution is 2.39. The van der Waals surface area contributed by atoms with Gasteiger partial charge in [-0.3, -0.25) is 4.79 Å². The number of amides is 1. The van der Waals surface area contributed by atoms with E-state index < -0.39 is 5.66 Å². The molecule has 29 heavy (non-hydrogen) atoms. The van der Waals surface area contributed by atoms with Gasteiger partial charge in [-0.1, -0.05) is 61.5 Å². The Morgan fingerprint density at radius 1 is 0.931 bits per heavy atom. The van der Waals surface area contributed by atoms with Crippen LogP contribution >= 0.6 is 0 Å². The minimum Gasteiger partial charge on any atom is -0.493 e. The zero-order chi connectivity index (χ0) is 20.3. The van der Waals surface area contributed by atoms with Gasteiger partial charge < -0.3 is 15.0 Å². The van der Waals surface area contributed by atoms with E-state index in [1.807, 2.05) is 73.8 Å². The van der Waals surface area contributed by atoms with Crippen molar-refractivity contribution in [2.75, 3.05) is 19.0 Å². The normalized spacial score (nSPS) is 18.1. The number of nitrogens with one attached hydrogen (secondary N) is 1. The van der Waals surface area contributed by atoms with Crippen LogP contribution in [-0.4, -0.2) is 24.5 Å². The fourth-order valence-corrected chi connectivity index (χ4v) is 3.99.